The van der Waals surface area contributed by atoms with Crippen molar-refractivity contribution in [3.8, 4) is 0 Å². The molecule has 1 amide bonds. The molecule has 2 unspecified atom stereocenters. The number of imidazole rings is 1. The molecule has 7 nitrogen and oxygen atoms in total. The van der Waals surface area contributed by atoms with Gasteiger partial charge in [-0.25, -0.2) is 10.4 Å². The van der Waals surface area contributed by atoms with Crippen molar-refractivity contribution in [2.24, 2.45) is 11.0 Å². The number of amides is 1. The summed E-state index contributed by atoms with van der Waals surface area (Å²) in [6, 6.07) is 14.4. The monoisotopic (exact) mass is 403 g/mol. The molecule has 7 heteroatoms. The average Bonchev–Trinajstić information content (AvgIpc) is 3.27. The number of carbonyl (C=O) groups excluding carboxylic acids is 1. The van der Waals surface area contributed by atoms with E-state index in [2.05, 4.69) is 56.6 Å². The van der Waals surface area contributed by atoms with Gasteiger partial charge in [0.1, 0.15) is 0 Å². The summed E-state index contributed by atoms with van der Waals surface area (Å²) in [6.45, 7) is 5.55. The number of H-pyrrole nitrogens is 1. The normalized spacial score (nSPS) is 23.8. The molecule has 2 fully saturated rings. The van der Waals surface area contributed by atoms with Gasteiger partial charge in [-0.1, -0.05) is 25.1 Å². The van der Waals surface area contributed by atoms with Gasteiger partial charge in [0, 0.05) is 24.2 Å². The van der Waals surface area contributed by atoms with E-state index in [1.165, 1.54) is 11.3 Å². The highest BCUT2D eigenvalue weighted by Gasteiger charge is 2.55. The molecule has 3 aromatic rings. The summed E-state index contributed by atoms with van der Waals surface area (Å²) in [4.78, 5) is 22.2. The summed E-state index contributed by atoms with van der Waals surface area (Å²) >= 11 is 0. The van der Waals surface area contributed by atoms with Gasteiger partial charge in [0.25, 0.3) is 0 Å². The van der Waals surface area contributed by atoms with Crippen LogP contribution < -0.4 is 10.3 Å². The zero-order chi connectivity index (χ0) is 20.6. The Morgan fingerprint density at radius 2 is 2.07 bits per heavy atom. The maximum Gasteiger partial charge on any atom is 0.244 e. The molecule has 1 aliphatic carbocycles. The lowest BCUT2D eigenvalue weighted by atomic mass is 9.95. The number of fused-ring (bicyclic) bond motifs is 1. The lowest BCUT2D eigenvalue weighted by Crippen LogP contribution is -2.36. The van der Waals surface area contributed by atoms with Crippen molar-refractivity contribution in [2.45, 2.75) is 18.8 Å². The SMILES string of the molecule is CC1(c2ccc(N3CCOCC3)cc2)CC1C(=O)N/N=C/c1ccc2nc[nH]c2c1. The molecular weight excluding hydrogens is 378 g/mol. The summed E-state index contributed by atoms with van der Waals surface area (Å²) in [6.07, 6.45) is 4.16. The molecule has 2 N–H and O–H groups in total. The van der Waals surface area contributed by atoms with Crippen LogP contribution in [0.4, 0.5) is 5.69 Å². The molecule has 2 atom stereocenters. The number of carbonyl (C=O) groups is 1. The number of rotatable bonds is 5. The number of benzene rings is 2. The maximum absolute atomic E-state index is 12.6. The van der Waals surface area contributed by atoms with Gasteiger partial charge in [0.05, 0.1) is 42.7 Å². The second-order valence-electron chi connectivity index (χ2n) is 8.23. The highest BCUT2D eigenvalue weighted by atomic mass is 16.5. The Kier molecular flexibility index (Phi) is 4.75. The Morgan fingerprint density at radius 3 is 2.87 bits per heavy atom. The average molecular weight is 403 g/mol. The van der Waals surface area contributed by atoms with Crippen LogP contribution in [0.2, 0.25) is 0 Å². The molecule has 30 heavy (non-hydrogen) atoms. The predicted molar refractivity (Wildman–Crippen MR) is 117 cm³/mol. The standard InChI is InChI=1S/C23H25N5O2/c1-23(17-3-5-18(6-4-17)28-8-10-30-11-9-28)13-19(23)22(29)27-26-14-16-2-7-20-21(12-16)25-15-24-20/h2-7,12,14-15,19H,8-11,13H2,1H3,(H,24,25)(H,27,29)/b26-14+. The molecule has 1 aromatic heterocycles. The third-order valence-corrected chi connectivity index (χ3v) is 6.29. The molecule has 154 valence electrons. The van der Waals surface area contributed by atoms with Crippen LogP contribution in [-0.2, 0) is 14.9 Å². The molecule has 5 rings (SSSR count). The van der Waals surface area contributed by atoms with Gasteiger partial charge in [-0.05, 0) is 41.8 Å². The molecule has 0 radical (unpaired) electrons. The third kappa shape index (κ3) is 3.57. The minimum atomic E-state index is -0.127. The zero-order valence-electron chi connectivity index (χ0n) is 17.0. The second-order valence-corrected chi connectivity index (χ2v) is 8.23. The van der Waals surface area contributed by atoms with Crippen LogP contribution in [0, 0.1) is 5.92 Å². The Morgan fingerprint density at radius 1 is 1.27 bits per heavy atom. The summed E-state index contributed by atoms with van der Waals surface area (Å²) in [5, 5.41) is 4.15. The Balaban J connectivity index is 1.20. The van der Waals surface area contributed by atoms with Crippen molar-refractivity contribution in [1.82, 2.24) is 15.4 Å². The van der Waals surface area contributed by atoms with Crippen LogP contribution >= 0.6 is 0 Å². The van der Waals surface area contributed by atoms with Crippen molar-refractivity contribution in [3.05, 3.63) is 59.9 Å². The molecule has 2 aromatic carbocycles. The van der Waals surface area contributed by atoms with E-state index in [0.29, 0.717) is 0 Å². The molecule has 0 bridgehead atoms. The van der Waals surface area contributed by atoms with E-state index < -0.39 is 0 Å². The number of aromatic nitrogens is 2. The Bertz CT molecular complexity index is 1080. The number of anilines is 1. The third-order valence-electron chi connectivity index (χ3n) is 6.29. The fourth-order valence-corrected chi connectivity index (χ4v) is 4.22. The molecule has 2 heterocycles. The number of hydrogen-bond acceptors (Lipinski definition) is 5. The molecule has 1 aliphatic heterocycles. The molecule has 1 saturated carbocycles. The number of hydrogen-bond donors (Lipinski definition) is 2. The molecule has 2 aliphatic rings. The van der Waals surface area contributed by atoms with E-state index in [1.807, 2.05) is 18.2 Å². The first-order valence-electron chi connectivity index (χ1n) is 10.3. The minimum Gasteiger partial charge on any atom is -0.378 e. The van der Waals surface area contributed by atoms with Gasteiger partial charge in [0.15, 0.2) is 0 Å². The first-order chi connectivity index (χ1) is 14.6. The van der Waals surface area contributed by atoms with E-state index in [1.54, 1.807) is 12.5 Å². The Labute approximate surface area is 175 Å². The highest BCUT2D eigenvalue weighted by molar-refractivity contribution is 5.89. The summed E-state index contributed by atoms with van der Waals surface area (Å²) < 4.78 is 5.42. The van der Waals surface area contributed by atoms with Crippen molar-refractivity contribution in [3.63, 3.8) is 0 Å². The van der Waals surface area contributed by atoms with E-state index in [4.69, 9.17) is 4.74 Å². The van der Waals surface area contributed by atoms with Gasteiger partial charge < -0.3 is 14.6 Å². The van der Waals surface area contributed by atoms with Gasteiger partial charge in [-0.2, -0.15) is 5.10 Å². The largest absolute Gasteiger partial charge is 0.378 e. The van der Waals surface area contributed by atoms with Crippen molar-refractivity contribution < 1.29 is 9.53 Å². The fourth-order valence-electron chi connectivity index (χ4n) is 4.22. The minimum absolute atomic E-state index is 0.0337. The second kappa shape index (κ2) is 7.57. The van der Waals surface area contributed by atoms with E-state index >= 15 is 0 Å². The molecule has 0 spiro atoms. The van der Waals surface area contributed by atoms with E-state index in [9.17, 15) is 4.79 Å². The number of morpholine rings is 1. The first kappa shape index (κ1) is 18.8. The lowest BCUT2D eigenvalue weighted by Gasteiger charge is -2.29. The van der Waals surface area contributed by atoms with Crippen LogP contribution in [-0.4, -0.2) is 48.4 Å². The summed E-state index contributed by atoms with van der Waals surface area (Å²) in [5.74, 6) is -0.0902. The van der Waals surface area contributed by atoms with Crippen molar-refractivity contribution in [1.29, 1.82) is 0 Å². The zero-order valence-corrected chi connectivity index (χ0v) is 17.0. The van der Waals surface area contributed by atoms with Crippen molar-refractivity contribution in [2.75, 3.05) is 31.2 Å². The van der Waals surface area contributed by atoms with Crippen LogP contribution in [0.25, 0.3) is 11.0 Å². The lowest BCUT2D eigenvalue weighted by molar-refractivity contribution is -0.122. The van der Waals surface area contributed by atoms with Crippen molar-refractivity contribution >= 4 is 28.8 Å². The van der Waals surface area contributed by atoms with Crippen LogP contribution in [0.15, 0.2) is 53.9 Å². The number of nitrogens with zero attached hydrogens (tertiary/aromatic N) is 3. The maximum atomic E-state index is 12.6. The topological polar surface area (TPSA) is 82.6 Å². The van der Waals surface area contributed by atoms with Crippen LogP contribution in [0.1, 0.15) is 24.5 Å². The number of nitrogens with one attached hydrogen (secondary N) is 2. The van der Waals surface area contributed by atoms with Crippen LogP contribution in [0.3, 0.4) is 0 Å². The number of hydrazone groups is 1. The fraction of sp³-hybridized carbons (Fsp3) is 0.348. The number of ether oxygens (including phenoxy) is 1. The highest BCUT2D eigenvalue weighted by Crippen LogP contribution is 2.54. The van der Waals surface area contributed by atoms with Crippen LogP contribution in [0.5, 0.6) is 0 Å². The van der Waals surface area contributed by atoms with Gasteiger partial charge >= 0.3 is 0 Å². The Hall–Kier alpha value is -3.19. The summed E-state index contributed by atoms with van der Waals surface area (Å²) in [5.41, 5.74) is 7.75. The first-order valence-corrected chi connectivity index (χ1v) is 10.3. The van der Waals surface area contributed by atoms with Gasteiger partial charge in [0.2, 0.25) is 5.91 Å². The van der Waals surface area contributed by atoms with Gasteiger partial charge in [-0.15, -0.1) is 0 Å². The molecule has 1 saturated heterocycles. The molecular formula is C23H25N5O2. The smallest absolute Gasteiger partial charge is 0.244 e. The summed E-state index contributed by atoms with van der Waals surface area (Å²) in [7, 11) is 0. The van der Waals surface area contributed by atoms with Gasteiger partial charge in [-0.3, -0.25) is 4.79 Å². The van der Waals surface area contributed by atoms with E-state index in [0.717, 1.165) is 49.3 Å². The van der Waals surface area contributed by atoms with E-state index in [-0.39, 0.29) is 17.2 Å². The number of aromatic amines is 1. The quantitative estimate of drug-likeness (QED) is 0.507. The predicted octanol–water partition coefficient (Wildman–Crippen LogP) is 2.83.